The van der Waals surface area contributed by atoms with Gasteiger partial charge in [-0.25, -0.2) is 0 Å². The number of hydrogen-bond donors (Lipinski definition) is 2. The third-order valence-corrected chi connectivity index (χ3v) is 2.96. The summed E-state index contributed by atoms with van der Waals surface area (Å²) >= 11 is 0. The summed E-state index contributed by atoms with van der Waals surface area (Å²) in [4.78, 5) is 22.5. The lowest BCUT2D eigenvalue weighted by Gasteiger charge is -2.16. The van der Waals surface area contributed by atoms with E-state index in [0.717, 1.165) is 18.4 Å². The van der Waals surface area contributed by atoms with Crippen molar-refractivity contribution in [2.45, 2.75) is 38.5 Å². The highest BCUT2D eigenvalue weighted by Crippen LogP contribution is 2.21. The predicted molar refractivity (Wildman–Crippen MR) is 74.0 cm³/mol. The third-order valence-electron chi connectivity index (χ3n) is 2.96. The van der Waals surface area contributed by atoms with Gasteiger partial charge < -0.3 is 10.4 Å². The smallest absolute Gasteiger partial charge is 0.303 e. The lowest BCUT2D eigenvalue weighted by atomic mass is 9.93. The van der Waals surface area contributed by atoms with Crippen LogP contribution in [0.25, 0.3) is 0 Å². The van der Waals surface area contributed by atoms with E-state index >= 15 is 0 Å². The molecule has 1 aromatic carbocycles. The lowest BCUT2D eigenvalue weighted by molar-refractivity contribution is -0.137. The van der Waals surface area contributed by atoms with E-state index in [0.29, 0.717) is 13.0 Å². The molecule has 0 fully saturated rings. The minimum absolute atomic E-state index is 0.0153. The number of carboxylic acids is 1. The fraction of sp³-hybridized carbons (Fsp3) is 0.467. The summed E-state index contributed by atoms with van der Waals surface area (Å²) in [6.07, 6.45) is 2.29. The van der Waals surface area contributed by atoms with Crippen LogP contribution in [-0.4, -0.2) is 23.5 Å². The predicted octanol–water partition coefficient (Wildman–Crippen LogP) is 2.55. The monoisotopic (exact) mass is 263 g/mol. The summed E-state index contributed by atoms with van der Waals surface area (Å²) < 4.78 is 0. The molecule has 1 atom stereocenters. The molecule has 0 saturated heterocycles. The average molecular weight is 263 g/mol. The Bertz CT molecular complexity index is 403. The summed E-state index contributed by atoms with van der Waals surface area (Å²) in [5, 5.41) is 11.4. The number of rotatable bonds is 8. The van der Waals surface area contributed by atoms with E-state index in [-0.39, 0.29) is 18.2 Å². The van der Waals surface area contributed by atoms with Crippen molar-refractivity contribution in [1.82, 2.24) is 5.32 Å². The number of aliphatic carboxylic acids is 1. The maximum atomic E-state index is 12.1. The van der Waals surface area contributed by atoms with E-state index in [9.17, 15) is 9.59 Å². The largest absolute Gasteiger partial charge is 0.481 e. The van der Waals surface area contributed by atoms with Gasteiger partial charge in [-0.2, -0.15) is 0 Å². The Kier molecular flexibility index (Phi) is 6.64. The molecule has 0 heterocycles. The van der Waals surface area contributed by atoms with Crippen molar-refractivity contribution in [3.8, 4) is 0 Å². The van der Waals surface area contributed by atoms with Crippen LogP contribution in [-0.2, 0) is 9.59 Å². The maximum absolute atomic E-state index is 12.1. The lowest BCUT2D eigenvalue weighted by Crippen LogP contribution is -2.30. The van der Waals surface area contributed by atoms with Crippen molar-refractivity contribution in [3.05, 3.63) is 35.9 Å². The molecule has 19 heavy (non-hydrogen) atoms. The molecule has 0 bridgehead atoms. The SMILES string of the molecule is CCCC(C(=O)NCCCC(=O)O)c1ccccc1. The van der Waals surface area contributed by atoms with Gasteiger partial charge in [0.25, 0.3) is 0 Å². The van der Waals surface area contributed by atoms with E-state index in [4.69, 9.17) is 5.11 Å². The Labute approximate surface area is 113 Å². The Morgan fingerprint density at radius 2 is 1.95 bits per heavy atom. The molecule has 0 spiro atoms. The fourth-order valence-electron chi connectivity index (χ4n) is 2.00. The van der Waals surface area contributed by atoms with E-state index in [1.54, 1.807) is 0 Å². The van der Waals surface area contributed by atoms with Gasteiger partial charge in [-0.15, -0.1) is 0 Å². The average Bonchev–Trinajstić information content (AvgIpc) is 2.41. The minimum atomic E-state index is -0.831. The van der Waals surface area contributed by atoms with Crippen molar-refractivity contribution in [1.29, 1.82) is 0 Å². The van der Waals surface area contributed by atoms with Gasteiger partial charge in [0.15, 0.2) is 0 Å². The molecule has 4 nitrogen and oxygen atoms in total. The number of carbonyl (C=O) groups excluding carboxylic acids is 1. The first-order valence-corrected chi connectivity index (χ1v) is 6.69. The standard InChI is InChI=1S/C15H21NO3/c1-2-7-13(12-8-4-3-5-9-12)15(19)16-11-6-10-14(17)18/h3-5,8-9,13H,2,6-7,10-11H2,1H3,(H,16,19)(H,17,18). The van der Waals surface area contributed by atoms with Crippen LogP contribution in [0.4, 0.5) is 0 Å². The van der Waals surface area contributed by atoms with Crippen LogP contribution in [0.15, 0.2) is 30.3 Å². The Balaban J connectivity index is 2.52. The molecule has 1 rings (SSSR count). The highest BCUT2D eigenvalue weighted by Gasteiger charge is 2.18. The van der Waals surface area contributed by atoms with Gasteiger partial charge in [-0.3, -0.25) is 9.59 Å². The molecule has 0 aliphatic heterocycles. The normalized spacial score (nSPS) is 11.8. The first-order valence-electron chi connectivity index (χ1n) is 6.69. The highest BCUT2D eigenvalue weighted by atomic mass is 16.4. The molecule has 0 aliphatic carbocycles. The zero-order valence-electron chi connectivity index (χ0n) is 11.3. The molecule has 2 N–H and O–H groups in total. The van der Waals surface area contributed by atoms with Crippen molar-refractivity contribution in [2.24, 2.45) is 0 Å². The van der Waals surface area contributed by atoms with Crippen LogP contribution >= 0.6 is 0 Å². The number of carbonyl (C=O) groups is 2. The summed E-state index contributed by atoms with van der Waals surface area (Å²) in [7, 11) is 0. The molecule has 104 valence electrons. The molecule has 0 saturated carbocycles. The number of amides is 1. The highest BCUT2D eigenvalue weighted by molar-refractivity contribution is 5.83. The fourth-order valence-corrected chi connectivity index (χ4v) is 2.00. The maximum Gasteiger partial charge on any atom is 0.303 e. The van der Waals surface area contributed by atoms with Gasteiger partial charge >= 0.3 is 5.97 Å². The molecule has 0 aromatic heterocycles. The van der Waals surface area contributed by atoms with Gasteiger partial charge in [0.2, 0.25) is 5.91 Å². The number of carboxylic acid groups (broad SMARTS) is 1. The Hall–Kier alpha value is -1.84. The molecular formula is C15H21NO3. The summed E-state index contributed by atoms with van der Waals surface area (Å²) in [6, 6.07) is 9.69. The Morgan fingerprint density at radius 3 is 2.53 bits per heavy atom. The van der Waals surface area contributed by atoms with Crippen molar-refractivity contribution < 1.29 is 14.7 Å². The number of hydrogen-bond acceptors (Lipinski definition) is 2. The molecule has 1 aromatic rings. The molecule has 1 amide bonds. The molecule has 0 radical (unpaired) electrons. The van der Waals surface area contributed by atoms with Gasteiger partial charge in [-0.05, 0) is 18.4 Å². The van der Waals surface area contributed by atoms with Crippen molar-refractivity contribution in [3.63, 3.8) is 0 Å². The van der Waals surface area contributed by atoms with E-state index in [2.05, 4.69) is 5.32 Å². The topological polar surface area (TPSA) is 66.4 Å². The second kappa shape index (κ2) is 8.29. The first-order chi connectivity index (χ1) is 9.15. The quantitative estimate of drug-likeness (QED) is 0.708. The first kappa shape index (κ1) is 15.2. The van der Waals surface area contributed by atoms with E-state index < -0.39 is 5.97 Å². The summed E-state index contributed by atoms with van der Waals surface area (Å²) in [5.41, 5.74) is 1.01. The minimum Gasteiger partial charge on any atom is -0.481 e. The van der Waals surface area contributed by atoms with Crippen LogP contribution in [0.3, 0.4) is 0 Å². The van der Waals surface area contributed by atoms with Gasteiger partial charge in [0.1, 0.15) is 0 Å². The van der Waals surface area contributed by atoms with Gasteiger partial charge in [0.05, 0.1) is 5.92 Å². The van der Waals surface area contributed by atoms with Gasteiger partial charge in [-0.1, -0.05) is 43.7 Å². The van der Waals surface area contributed by atoms with Gasteiger partial charge in [0, 0.05) is 13.0 Å². The van der Waals surface area contributed by atoms with E-state index in [1.165, 1.54) is 0 Å². The van der Waals surface area contributed by atoms with Crippen LogP contribution in [0.1, 0.15) is 44.1 Å². The zero-order chi connectivity index (χ0) is 14.1. The van der Waals surface area contributed by atoms with Crippen LogP contribution in [0, 0.1) is 0 Å². The summed E-state index contributed by atoms with van der Waals surface area (Å²) in [5.74, 6) is -0.989. The third kappa shape index (κ3) is 5.55. The number of nitrogens with one attached hydrogen (secondary N) is 1. The molecule has 0 aliphatic rings. The molecule has 1 unspecified atom stereocenters. The van der Waals surface area contributed by atoms with Crippen LogP contribution in [0.2, 0.25) is 0 Å². The second-order valence-electron chi connectivity index (χ2n) is 4.54. The van der Waals surface area contributed by atoms with Crippen molar-refractivity contribution >= 4 is 11.9 Å². The Morgan fingerprint density at radius 1 is 1.26 bits per heavy atom. The van der Waals surface area contributed by atoms with Crippen LogP contribution in [0.5, 0.6) is 0 Å². The van der Waals surface area contributed by atoms with Crippen LogP contribution < -0.4 is 5.32 Å². The number of benzene rings is 1. The molecular weight excluding hydrogens is 242 g/mol. The zero-order valence-corrected chi connectivity index (χ0v) is 11.3. The summed E-state index contributed by atoms with van der Waals surface area (Å²) in [6.45, 7) is 2.46. The van der Waals surface area contributed by atoms with E-state index in [1.807, 2.05) is 37.3 Å². The van der Waals surface area contributed by atoms with Crippen molar-refractivity contribution in [2.75, 3.05) is 6.54 Å². The second-order valence-corrected chi connectivity index (χ2v) is 4.54. The molecule has 4 heteroatoms.